The second kappa shape index (κ2) is 5.00. The maximum absolute atomic E-state index is 12.5. The molecule has 0 fully saturated rings. The minimum atomic E-state index is 0.0202. The van der Waals surface area contributed by atoms with Crippen LogP contribution >= 0.6 is 0 Å². The van der Waals surface area contributed by atoms with Gasteiger partial charge >= 0.3 is 0 Å². The first kappa shape index (κ1) is 12.2. The standard InChI is InChI=1S/C16H18N2O/c1-18-14-11-7-3-6-10-13(14)17-15(16(18)19)12-8-4-2-5-9-12/h2,4-5,8-9H,3,6-7,10-11H2,1H3. The van der Waals surface area contributed by atoms with E-state index in [1.54, 1.807) is 4.57 Å². The Morgan fingerprint density at radius 2 is 1.79 bits per heavy atom. The highest BCUT2D eigenvalue weighted by Gasteiger charge is 2.17. The average molecular weight is 254 g/mol. The van der Waals surface area contributed by atoms with E-state index in [2.05, 4.69) is 4.98 Å². The molecule has 3 nitrogen and oxygen atoms in total. The molecule has 0 bridgehead atoms. The largest absolute Gasteiger partial charge is 0.312 e. The van der Waals surface area contributed by atoms with Crippen molar-refractivity contribution in [3.05, 3.63) is 52.1 Å². The third-order valence-corrected chi connectivity index (χ3v) is 3.87. The highest BCUT2D eigenvalue weighted by atomic mass is 16.1. The van der Waals surface area contributed by atoms with Crippen molar-refractivity contribution in [1.82, 2.24) is 9.55 Å². The molecular weight excluding hydrogens is 236 g/mol. The molecule has 1 heterocycles. The van der Waals surface area contributed by atoms with Crippen molar-refractivity contribution < 1.29 is 0 Å². The van der Waals surface area contributed by atoms with Gasteiger partial charge in [-0.05, 0) is 25.7 Å². The molecule has 0 saturated heterocycles. The summed E-state index contributed by atoms with van der Waals surface area (Å²) in [7, 11) is 1.88. The van der Waals surface area contributed by atoms with Crippen LogP contribution in [0.4, 0.5) is 0 Å². The molecule has 19 heavy (non-hydrogen) atoms. The fourth-order valence-corrected chi connectivity index (χ4v) is 2.78. The molecular formula is C16H18N2O. The van der Waals surface area contributed by atoms with Crippen LogP contribution in [0.5, 0.6) is 0 Å². The molecule has 1 aromatic carbocycles. The number of benzene rings is 1. The van der Waals surface area contributed by atoms with E-state index in [1.165, 1.54) is 12.8 Å². The third kappa shape index (κ3) is 2.21. The van der Waals surface area contributed by atoms with Gasteiger partial charge in [0.25, 0.3) is 5.56 Å². The van der Waals surface area contributed by atoms with Crippen LogP contribution in [0, 0.1) is 0 Å². The van der Waals surface area contributed by atoms with Gasteiger partial charge in [-0.2, -0.15) is 0 Å². The summed E-state index contributed by atoms with van der Waals surface area (Å²) >= 11 is 0. The SMILES string of the molecule is Cn1c2c(nc(-c3ccccc3)c1=O)CCCCC2. The number of aryl methyl sites for hydroxylation is 1. The second-order valence-electron chi connectivity index (χ2n) is 5.14. The molecule has 0 spiro atoms. The lowest BCUT2D eigenvalue weighted by Crippen LogP contribution is -2.25. The topological polar surface area (TPSA) is 34.9 Å². The lowest BCUT2D eigenvalue weighted by Gasteiger charge is -2.13. The van der Waals surface area contributed by atoms with Gasteiger partial charge in [0.05, 0.1) is 5.69 Å². The van der Waals surface area contributed by atoms with Gasteiger partial charge in [-0.3, -0.25) is 4.79 Å². The molecule has 0 amide bonds. The van der Waals surface area contributed by atoms with Gasteiger partial charge in [-0.25, -0.2) is 4.98 Å². The summed E-state index contributed by atoms with van der Waals surface area (Å²) in [5.41, 5.74) is 3.76. The molecule has 1 aliphatic rings. The zero-order valence-electron chi connectivity index (χ0n) is 11.2. The first-order valence-electron chi connectivity index (χ1n) is 6.91. The van der Waals surface area contributed by atoms with Crippen molar-refractivity contribution in [1.29, 1.82) is 0 Å². The monoisotopic (exact) mass is 254 g/mol. The zero-order chi connectivity index (χ0) is 13.2. The van der Waals surface area contributed by atoms with E-state index in [1.807, 2.05) is 37.4 Å². The smallest absolute Gasteiger partial charge is 0.277 e. The van der Waals surface area contributed by atoms with Gasteiger partial charge in [0.2, 0.25) is 0 Å². The molecule has 0 unspecified atom stereocenters. The number of fused-ring (bicyclic) bond motifs is 1. The number of nitrogens with zero attached hydrogens (tertiary/aromatic N) is 2. The fourth-order valence-electron chi connectivity index (χ4n) is 2.78. The van der Waals surface area contributed by atoms with Crippen molar-refractivity contribution >= 4 is 0 Å². The van der Waals surface area contributed by atoms with E-state index in [0.717, 1.165) is 36.2 Å². The Labute approximate surface area is 112 Å². The number of hydrogen-bond acceptors (Lipinski definition) is 2. The minimum absolute atomic E-state index is 0.0202. The Bertz CT molecular complexity index is 644. The van der Waals surface area contributed by atoms with Crippen molar-refractivity contribution in [2.45, 2.75) is 32.1 Å². The van der Waals surface area contributed by atoms with E-state index in [0.29, 0.717) is 5.69 Å². The predicted octanol–water partition coefficient (Wildman–Crippen LogP) is 2.72. The molecule has 1 aliphatic carbocycles. The quantitative estimate of drug-likeness (QED) is 0.733. The highest BCUT2D eigenvalue weighted by molar-refractivity contribution is 5.58. The van der Waals surface area contributed by atoms with E-state index >= 15 is 0 Å². The third-order valence-electron chi connectivity index (χ3n) is 3.87. The highest BCUT2D eigenvalue weighted by Crippen LogP contribution is 2.20. The molecule has 3 heteroatoms. The van der Waals surface area contributed by atoms with Crippen LogP contribution in [0.1, 0.15) is 30.7 Å². The van der Waals surface area contributed by atoms with Crippen LogP contribution in [0.15, 0.2) is 35.1 Å². The van der Waals surface area contributed by atoms with E-state index < -0.39 is 0 Å². The zero-order valence-corrected chi connectivity index (χ0v) is 11.2. The molecule has 0 aliphatic heterocycles. The summed E-state index contributed by atoms with van der Waals surface area (Å²) < 4.78 is 1.80. The van der Waals surface area contributed by atoms with Gasteiger partial charge in [0, 0.05) is 18.3 Å². The Kier molecular flexibility index (Phi) is 3.20. The summed E-state index contributed by atoms with van der Waals surface area (Å²) in [4.78, 5) is 17.1. The maximum Gasteiger partial charge on any atom is 0.277 e. The first-order valence-corrected chi connectivity index (χ1v) is 6.91. The van der Waals surface area contributed by atoms with Gasteiger partial charge in [-0.15, -0.1) is 0 Å². The first-order chi connectivity index (χ1) is 9.27. The van der Waals surface area contributed by atoms with Crippen LogP contribution in [-0.4, -0.2) is 9.55 Å². The lowest BCUT2D eigenvalue weighted by molar-refractivity contribution is 0.691. The van der Waals surface area contributed by atoms with Crippen LogP contribution in [0.3, 0.4) is 0 Å². The van der Waals surface area contributed by atoms with Gasteiger partial charge in [-0.1, -0.05) is 36.8 Å². The lowest BCUT2D eigenvalue weighted by atomic mass is 10.1. The maximum atomic E-state index is 12.5. The summed E-state index contributed by atoms with van der Waals surface area (Å²) in [5.74, 6) is 0. The van der Waals surface area contributed by atoms with E-state index in [-0.39, 0.29) is 5.56 Å². The Hall–Kier alpha value is -1.90. The Morgan fingerprint density at radius 3 is 2.58 bits per heavy atom. The van der Waals surface area contributed by atoms with Crippen molar-refractivity contribution in [3.8, 4) is 11.3 Å². The van der Waals surface area contributed by atoms with Crippen LogP contribution in [0.25, 0.3) is 11.3 Å². The molecule has 0 N–H and O–H groups in total. The van der Waals surface area contributed by atoms with Crippen LogP contribution < -0.4 is 5.56 Å². The molecule has 3 rings (SSSR count). The fraction of sp³-hybridized carbons (Fsp3) is 0.375. The number of hydrogen-bond donors (Lipinski definition) is 0. The summed E-state index contributed by atoms with van der Waals surface area (Å²) in [6.07, 6.45) is 5.52. The van der Waals surface area contributed by atoms with Crippen LogP contribution in [-0.2, 0) is 19.9 Å². The van der Waals surface area contributed by atoms with Crippen molar-refractivity contribution in [3.63, 3.8) is 0 Å². The molecule has 2 aromatic rings. The Balaban J connectivity index is 2.20. The summed E-state index contributed by atoms with van der Waals surface area (Å²) in [5, 5.41) is 0. The number of rotatable bonds is 1. The van der Waals surface area contributed by atoms with Crippen LogP contribution in [0.2, 0.25) is 0 Å². The molecule has 0 atom stereocenters. The minimum Gasteiger partial charge on any atom is -0.312 e. The van der Waals surface area contributed by atoms with Gasteiger partial charge < -0.3 is 4.57 Å². The molecule has 98 valence electrons. The van der Waals surface area contributed by atoms with Gasteiger partial charge in [0.15, 0.2) is 0 Å². The second-order valence-corrected chi connectivity index (χ2v) is 5.14. The predicted molar refractivity (Wildman–Crippen MR) is 76.2 cm³/mol. The molecule has 0 radical (unpaired) electrons. The number of aromatic nitrogens is 2. The van der Waals surface area contributed by atoms with Crippen molar-refractivity contribution in [2.75, 3.05) is 0 Å². The average Bonchev–Trinajstić information content (AvgIpc) is 2.69. The summed E-state index contributed by atoms with van der Waals surface area (Å²) in [6, 6.07) is 9.75. The molecule has 1 aromatic heterocycles. The van der Waals surface area contributed by atoms with Gasteiger partial charge in [0.1, 0.15) is 5.69 Å². The Morgan fingerprint density at radius 1 is 1.05 bits per heavy atom. The molecule has 0 saturated carbocycles. The van der Waals surface area contributed by atoms with Crippen molar-refractivity contribution in [2.24, 2.45) is 7.05 Å². The van der Waals surface area contributed by atoms with E-state index in [9.17, 15) is 4.79 Å². The normalized spacial score (nSPS) is 14.8. The summed E-state index contributed by atoms with van der Waals surface area (Å²) in [6.45, 7) is 0. The van der Waals surface area contributed by atoms with E-state index in [4.69, 9.17) is 0 Å².